The lowest BCUT2D eigenvalue weighted by Gasteiger charge is -2.20. The topological polar surface area (TPSA) is 46.5 Å². The number of esters is 1. The van der Waals surface area contributed by atoms with Crippen molar-refractivity contribution in [1.29, 1.82) is 0 Å². The summed E-state index contributed by atoms with van der Waals surface area (Å²) in [7, 11) is 0. The molecule has 0 saturated heterocycles. The fourth-order valence-corrected chi connectivity index (χ4v) is 2.39. The predicted molar refractivity (Wildman–Crippen MR) is 83.4 cm³/mol. The molecule has 1 rings (SSSR count). The van der Waals surface area contributed by atoms with Crippen molar-refractivity contribution in [3.8, 4) is 5.75 Å². The Balaban J connectivity index is 2.61. The molecule has 4 heteroatoms. The largest absolute Gasteiger partial charge is 0.507 e. The van der Waals surface area contributed by atoms with E-state index >= 15 is 0 Å². The number of ether oxygens (including phenoxy) is 1. The zero-order chi connectivity index (χ0) is 15.2. The molecule has 0 heterocycles. The van der Waals surface area contributed by atoms with E-state index in [-0.39, 0.29) is 22.9 Å². The van der Waals surface area contributed by atoms with Crippen LogP contribution in [0.15, 0.2) is 23.1 Å². The molecule has 0 spiro atoms. The van der Waals surface area contributed by atoms with E-state index < -0.39 is 0 Å². The van der Waals surface area contributed by atoms with Gasteiger partial charge < -0.3 is 9.84 Å². The first-order valence-electron chi connectivity index (χ1n) is 6.96. The summed E-state index contributed by atoms with van der Waals surface area (Å²) in [6, 6.07) is 5.55. The quantitative estimate of drug-likeness (QED) is 0.487. The Morgan fingerprint density at radius 3 is 2.65 bits per heavy atom. The smallest absolute Gasteiger partial charge is 0.316 e. The van der Waals surface area contributed by atoms with Gasteiger partial charge in [-0.2, -0.15) is 0 Å². The highest BCUT2D eigenvalue weighted by Crippen LogP contribution is 2.33. The average molecular weight is 296 g/mol. The first-order chi connectivity index (χ1) is 9.34. The molecule has 112 valence electrons. The van der Waals surface area contributed by atoms with Gasteiger partial charge in [0.05, 0.1) is 12.4 Å². The summed E-state index contributed by atoms with van der Waals surface area (Å²) < 4.78 is 5.10. The molecule has 0 saturated carbocycles. The molecule has 1 N–H and O–H groups in total. The van der Waals surface area contributed by atoms with E-state index in [0.29, 0.717) is 6.61 Å². The van der Waals surface area contributed by atoms with Gasteiger partial charge in [-0.05, 0) is 29.5 Å². The van der Waals surface area contributed by atoms with Gasteiger partial charge in [0.2, 0.25) is 0 Å². The Bertz CT molecular complexity index is 450. The number of benzene rings is 1. The Kier molecular flexibility index (Phi) is 6.40. The number of phenolic OH excluding ortho intramolecular Hbond substituents is 1. The van der Waals surface area contributed by atoms with Crippen LogP contribution in [0.5, 0.6) is 5.75 Å². The van der Waals surface area contributed by atoms with Crippen LogP contribution >= 0.6 is 11.8 Å². The molecule has 1 aromatic carbocycles. The van der Waals surface area contributed by atoms with Crippen molar-refractivity contribution < 1.29 is 14.6 Å². The van der Waals surface area contributed by atoms with E-state index in [2.05, 4.69) is 27.7 Å². The molecule has 0 atom stereocenters. The van der Waals surface area contributed by atoms with Crippen LogP contribution in [0.1, 0.15) is 46.1 Å². The van der Waals surface area contributed by atoms with Crippen molar-refractivity contribution in [3.63, 3.8) is 0 Å². The zero-order valence-corrected chi connectivity index (χ0v) is 13.5. The van der Waals surface area contributed by atoms with Crippen LogP contribution in [0, 0.1) is 0 Å². The van der Waals surface area contributed by atoms with Crippen molar-refractivity contribution in [2.75, 3.05) is 12.4 Å². The average Bonchev–Trinajstić information content (AvgIpc) is 2.36. The molecule has 1 aromatic rings. The molecule has 3 nitrogen and oxygen atoms in total. The number of aromatic hydroxyl groups is 1. The molecule has 0 aliphatic rings. The van der Waals surface area contributed by atoms with Crippen molar-refractivity contribution in [3.05, 3.63) is 23.8 Å². The van der Waals surface area contributed by atoms with Gasteiger partial charge in [0.1, 0.15) is 5.75 Å². The van der Waals surface area contributed by atoms with Crippen LogP contribution in [-0.4, -0.2) is 23.4 Å². The van der Waals surface area contributed by atoms with E-state index in [1.165, 1.54) is 11.8 Å². The highest BCUT2D eigenvalue weighted by molar-refractivity contribution is 8.00. The normalized spacial score (nSPS) is 11.4. The summed E-state index contributed by atoms with van der Waals surface area (Å²) in [4.78, 5) is 12.3. The van der Waals surface area contributed by atoms with Crippen LogP contribution in [0.4, 0.5) is 0 Å². The molecule has 20 heavy (non-hydrogen) atoms. The highest BCUT2D eigenvalue weighted by atomic mass is 32.2. The van der Waals surface area contributed by atoms with Crippen molar-refractivity contribution in [2.24, 2.45) is 0 Å². The van der Waals surface area contributed by atoms with Crippen LogP contribution < -0.4 is 0 Å². The monoisotopic (exact) mass is 296 g/mol. The zero-order valence-electron chi connectivity index (χ0n) is 12.7. The van der Waals surface area contributed by atoms with Gasteiger partial charge in [-0.15, -0.1) is 11.8 Å². The third-order valence-corrected chi connectivity index (χ3v) is 3.95. The molecule has 0 radical (unpaired) electrons. The summed E-state index contributed by atoms with van der Waals surface area (Å²) in [5.74, 6) is 0.207. The minimum Gasteiger partial charge on any atom is -0.507 e. The van der Waals surface area contributed by atoms with Gasteiger partial charge in [0.25, 0.3) is 0 Å². The van der Waals surface area contributed by atoms with Gasteiger partial charge >= 0.3 is 5.97 Å². The van der Waals surface area contributed by atoms with Crippen LogP contribution in [0.25, 0.3) is 0 Å². The number of thioether (sulfide) groups is 1. The lowest BCUT2D eigenvalue weighted by atomic mass is 9.87. The number of hydrogen-bond acceptors (Lipinski definition) is 4. The van der Waals surface area contributed by atoms with Gasteiger partial charge in [-0.3, -0.25) is 4.79 Å². The predicted octanol–water partition coefficient (Wildman–Crippen LogP) is 4.13. The van der Waals surface area contributed by atoms with Gasteiger partial charge in [-0.25, -0.2) is 0 Å². The molecule has 0 aliphatic carbocycles. The van der Waals surface area contributed by atoms with Gasteiger partial charge in [-0.1, -0.05) is 40.2 Å². The minimum absolute atomic E-state index is 0.0185. The van der Waals surface area contributed by atoms with E-state index in [4.69, 9.17) is 4.74 Å². The molecular weight excluding hydrogens is 272 g/mol. The second-order valence-electron chi connectivity index (χ2n) is 5.80. The van der Waals surface area contributed by atoms with E-state index in [9.17, 15) is 9.90 Å². The number of unbranched alkanes of at least 4 members (excludes halogenated alkanes) is 1. The van der Waals surface area contributed by atoms with Crippen LogP contribution in [0.2, 0.25) is 0 Å². The van der Waals surface area contributed by atoms with E-state index in [0.717, 1.165) is 23.3 Å². The minimum atomic E-state index is -0.232. The Morgan fingerprint density at radius 1 is 1.35 bits per heavy atom. The molecule has 0 aromatic heterocycles. The molecule has 0 unspecified atom stereocenters. The fraction of sp³-hybridized carbons (Fsp3) is 0.562. The first-order valence-corrected chi connectivity index (χ1v) is 7.95. The molecule has 0 bridgehead atoms. The molecule has 0 amide bonds. The summed E-state index contributed by atoms with van der Waals surface area (Å²) in [6.07, 6.45) is 1.90. The van der Waals surface area contributed by atoms with Crippen molar-refractivity contribution >= 4 is 17.7 Å². The summed E-state index contributed by atoms with van der Waals surface area (Å²) >= 11 is 1.32. The second-order valence-corrected chi connectivity index (χ2v) is 6.81. The lowest BCUT2D eigenvalue weighted by molar-refractivity contribution is -0.140. The lowest BCUT2D eigenvalue weighted by Crippen LogP contribution is -2.11. The summed E-state index contributed by atoms with van der Waals surface area (Å²) in [5.41, 5.74) is 1.15. The van der Waals surface area contributed by atoms with Gasteiger partial charge in [0.15, 0.2) is 0 Å². The number of phenols is 1. The summed E-state index contributed by atoms with van der Waals surface area (Å²) in [5, 5.41) is 9.85. The third kappa shape index (κ3) is 5.45. The summed E-state index contributed by atoms with van der Waals surface area (Å²) in [6.45, 7) is 8.88. The number of hydrogen-bond donors (Lipinski definition) is 1. The SMILES string of the molecule is CCCCOC(=O)CSc1cc(C(C)(C)C)ccc1O. The van der Waals surface area contributed by atoms with Crippen molar-refractivity contribution in [1.82, 2.24) is 0 Å². The van der Waals surface area contributed by atoms with E-state index in [1.54, 1.807) is 6.07 Å². The Hall–Kier alpha value is -1.16. The fourth-order valence-electron chi connectivity index (χ4n) is 1.60. The number of carbonyl (C=O) groups is 1. The highest BCUT2D eigenvalue weighted by Gasteiger charge is 2.16. The maximum atomic E-state index is 11.6. The Labute approximate surface area is 125 Å². The molecule has 0 fully saturated rings. The second kappa shape index (κ2) is 7.58. The van der Waals surface area contributed by atoms with Crippen molar-refractivity contribution in [2.45, 2.75) is 50.8 Å². The molecular formula is C16H24O3S. The van der Waals surface area contributed by atoms with Crippen LogP contribution in [-0.2, 0) is 14.9 Å². The van der Waals surface area contributed by atoms with Crippen LogP contribution in [0.3, 0.4) is 0 Å². The third-order valence-electron chi connectivity index (χ3n) is 2.93. The number of rotatable bonds is 6. The van der Waals surface area contributed by atoms with E-state index in [1.807, 2.05) is 12.1 Å². The van der Waals surface area contributed by atoms with Gasteiger partial charge in [0, 0.05) is 4.90 Å². The standard InChI is InChI=1S/C16H24O3S/c1-5-6-9-19-15(18)11-20-14-10-12(16(2,3)4)7-8-13(14)17/h7-8,10,17H,5-6,9,11H2,1-4H3. The maximum Gasteiger partial charge on any atom is 0.316 e. The number of carbonyl (C=O) groups excluding carboxylic acids is 1. The maximum absolute atomic E-state index is 11.6. The first kappa shape index (κ1) is 16.9. The Morgan fingerprint density at radius 2 is 2.05 bits per heavy atom. The molecule has 0 aliphatic heterocycles.